The van der Waals surface area contributed by atoms with Crippen LogP contribution in [0, 0.1) is 11.3 Å². The molecule has 0 radical (unpaired) electrons. The van der Waals surface area contributed by atoms with Crippen molar-refractivity contribution in [1.82, 2.24) is 0 Å². The molecule has 1 aliphatic rings. The molecule has 0 aromatic rings. The number of carboxylic acid groups (broad SMARTS) is 1. The Labute approximate surface area is 82.7 Å². The van der Waals surface area contributed by atoms with Crippen LogP contribution in [0.1, 0.15) is 13.3 Å². The molecular weight excluding hydrogens is 208 g/mol. The number of hydrogen-bond donors (Lipinski definition) is 2. The predicted octanol–water partition coefficient (Wildman–Crippen LogP) is -0.496. The second-order valence-electron chi connectivity index (χ2n) is 3.72. The third-order valence-corrected chi connectivity index (χ3v) is 4.62. The number of sulfone groups is 1. The average molecular weight is 222 g/mol. The lowest BCUT2D eigenvalue weighted by Crippen LogP contribution is -2.25. The fourth-order valence-corrected chi connectivity index (χ4v) is 2.83. The van der Waals surface area contributed by atoms with Crippen LogP contribution in [0.25, 0.3) is 0 Å². The quantitative estimate of drug-likeness (QED) is 0.654. The second-order valence-corrected chi connectivity index (χ2v) is 6.12. The minimum absolute atomic E-state index is 0.0185. The van der Waals surface area contributed by atoms with E-state index in [1.54, 1.807) is 0 Å². The molecule has 0 bridgehead atoms. The maximum atomic E-state index is 11.2. The van der Waals surface area contributed by atoms with Gasteiger partial charge in [0, 0.05) is 5.75 Å². The van der Waals surface area contributed by atoms with Crippen LogP contribution in [-0.4, -0.2) is 42.7 Å². The molecule has 1 fully saturated rings. The van der Waals surface area contributed by atoms with E-state index in [0.717, 1.165) is 0 Å². The molecule has 5 nitrogen and oxygen atoms in total. The summed E-state index contributed by atoms with van der Waals surface area (Å²) in [7, 11) is -3.15. The molecule has 0 aromatic heterocycles. The number of rotatable bonds is 5. The zero-order valence-electron chi connectivity index (χ0n) is 7.93. The highest BCUT2D eigenvalue weighted by Gasteiger charge is 2.61. The summed E-state index contributed by atoms with van der Waals surface area (Å²) >= 11 is 0. The Bertz CT molecular complexity index is 334. The average Bonchev–Trinajstić information content (AvgIpc) is 2.79. The first kappa shape index (κ1) is 11.5. The first-order valence-electron chi connectivity index (χ1n) is 4.42. The number of hydrogen-bond acceptors (Lipinski definition) is 4. The highest BCUT2D eigenvalue weighted by molar-refractivity contribution is 7.91. The third-order valence-electron chi connectivity index (χ3n) is 2.84. The van der Waals surface area contributed by atoms with Gasteiger partial charge < -0.3 is 10.2 Å². The van der Waals surface area contributed by atoms with Gasteiger partial charge in [0.2, 0.25) is 0 Å². The van der Waals surface area contributed by atoms with Crippen molar-refractivity contribution in [2.75, 3.05) is 18.1 Å². The molecular formula is C8H14O5S. The second kappa shape index (κ2) is 3.51. The molecule has 82 valence electrons. The van der Waals surface area contributed by atoms with E-state index in [2.05, 4.69) is 0 Å². The monoisotopic (exact) mass is 222 g/mol. The molecule has 2 N–H and O–H groups in total. The van der Waals surface area contributed by atoms with Crippen LogP contribution in [0.3, 0.4) is 0 Å². The van der Waals surface area contributed by atoms with Crippen molar-refractivity contribution in [3.8, 4) is 0 Å². The van der Waals surface area contributed by atoms with Crippen molar-refractivity contribution in [1.29, 1.82) is 0 Å². The molecule has 0 heterocycles. The minimum atomic E-state index is -3.15. The Balaban J connectivity index is 2.66. The van der Waals surface area contributed by atoms with Crippen LogP contribution in [-0.2, 0) is 14.6 Å². The van der Waals surface area contributed by atoms with E-state index in [-0.39, 0.29) is 17.9 Å². The van der Waals surface area contributed by atoms with E-state index < -0.39 is 33.7 Å². The van der Waals surface area contributed by atoms with Crippen LogP contribution in [0.5, 0.6) is 0 Å². The Morgan fingerprint density at radius 1 is 1.57 bits per heavy atom. The van der Waals surface area contributed by atoms with E-state index in [4.69, 9.17) is 10.2 Å². The molecule has 0 unspecified atom stereocenters. The van der Waals surface area contributed by atoms with Gasteiger partial charge in [-0.1, -0.05) is 6.92 Å². The van der Waals surface area contributed by atoms with Gasteiger partial charge in [-0.15, -0.1) is 0 Å². The molecule has 1 saturated carbocycles. The first-order chi connectivity index (χ1) is 6.38. The molecule has 6 heteroatoms. The molecule has 14 heavy (non-hydrogen) atoms. The predicted molar refractivity (Wildman–Crippen MR) is 49.6 cm³/mol. The molecule has 0 saturated heterocycles. The number of aliphatic carboxylic acids is 1. The van der Waals surface area contributed by atoms with Gasteiger partial charge in [-0.25, -0.2) is 8.42 Å². The van der Waals surface area contributed by atoms with Crippen LogP contribution in [0.4, 0.5) is 0 Å². The van der Waals surface area contributed by atoms with Crippen molar-refractivity contribution in [2.45, 2.75) is 13.3 Å². The van der Waals surface area contributed by atoms with Crippen molar-refractivity contribution in [3.63, 3.8) is 0 Å². The van der Waals surface area contributed by atoms with Gasteiger partial charge >= 0.3 is 5.97 Å². The van der Waals surface area contributed by atoms with Gasteiger partial charge in [-0.3, -0.25) is 4.79 Å². The topological polar surface area (TPSA) is 91.7 Å². The summed E-state index contributed by atoms with van der Waals surface area (Å²) in [6.45, 7) is 1.05. The van der Waals surface area contributed by atoms with Crippen LogP contribution >= 0.6 is 0 Å². The summed E-state index contributed by atoms with van der Waals surface area (Å²) in [5.41, 5.74) is -1.19. The van der Waals surface area contributed by atoms with E-state index in [1.807, 2.05) is 0 Å². The number of aliphatic hydroxyl groups excluding tert-OH is 1. The minimum Gasteiger partial charge on any atom is -0.481 e. The lowest BCUT2D eigenvalue weighted by Gasteiger charge is -2.07. The first-order valence-corrected chi connectivity index (χ1v) is 6.25. The van der Waals surface area contributed by atoms with Crippen LogP contribution in [0.15, 0.2) is 0 Å². The molecule has 0 amide bonds. The Morgan fingerprint density at radius 2 is 2.14 bits per heavy atom. The summed E-state index contributed by atoms with van der Waals surface area (Å²) in [5, 5.41) is 17.7. The van der Waals surface area contributed by atoms with Gasteiger partial charge in [0.05, 0.1) is 17.8 Å². The summed E-state index contributed by atoms with van der Waals surface area (Å²) in [6, 6.07) is 0. The lowest BCUT2D eigenvalue weighted by molar-refractivity contribution is -0.145. The molecule has 2 atom stereocenters. The molecule has 1 rings (SSSR count). The fourth-order valence-electron chi connectivity index (χ4n) is 1.55. The highest BCUT2D eigenvalue weighted by atomic mass is 32.2. The SMILES string of the molecule is CCS(=O)(=O)C[C@@H]1C[C@]1(CO)C(=O)O. The van der Waals surface area contributed by atoms with Crippen molar-refractivity contribution >= 4 is 15.8 Å². The lowest BCUT2D eigenvalue weighted by atomic mass is 10.1. The number of carbonyl (C=O) groups is 1. The number of carboxylic acids is 1. The van der Waals surface area contributed by atoms with Crippen molar-refractivity contribution in [3.05, 3.63) is 0 Å². The normalized spacial score (nSPS) is 31.4. The molecule has 0 aromatic carbocycles. The van der Waals surface area contributed by atoms with Crippen LogP contribution < -0.4 is 0 Å². The van der Waals surface area contributed by atoms with Gasteiger partial charge in [0.25, 0.3) is 0 Å². The Kier molecular flexibility index (Phi) is 2.87. The smallest absolute Gasteiger partial charge is 0.312 e. The van der Waals surface area contributed by atoms with Gasteiger partial charge in [0.15, 0.2) is 0 Å². The summed E-state index contributed by atoms with van der Waals surface area (Å²) in [6.07, 6.45) is 0.262. The fraction of sp³-hybridized carbons (Fsp3) is 0.875. The van der Waals surface area contributed by atoms with Crippen molar-refractivity contribution < 1.29 is 23.4 Å². The van der Waals surface area contributed by atoms with E-state index in [1.165, 1.54) is 6.92 Å². The van der Waals surface area contributed by atoms with Crippen molar-refractivity contribution in [2.24, 2.45) is 11.3 Å². The summed E-state index contributed by atoms with van der Waals surface area (Å²) in [4.78, 5) is 10.7. The Morgan fingerprint density at radius 3 is 2.43 bits per heavy atom. The van der Waals surface area contributed by atoms with Crippen LogP contribution in [0.2, 0.25) is 0 Å². The molecule has 1 aliphatic carbocycles. The maximum Gasteiger partial charge on any atom is 0.312 e. The van der Waals surface area contributed by atoms with E-state index >= 15 is 0 Å². The molecule has 0 aliphatic heterocycles. The van der Waals surface area contributed by atoms with Gasteiger partial charge in [0.1, 0.15) is 9.84 Å². The maximum absolute atomic E-state index is 11.2. The zero-order valence-corrected chi connectivity index (χ0v) is 8.75. The van der Waals surface area contributed by atoms with E-state index in [0.29, 0.717) is 0 Å². The largest absolute Gasteiger partial charge is 0.481 e. The van der Waals surface area contributed by atoms with Gasteiger partial charge in [-0.2, -0.15) is 0 Å². The number of aliphatic hydroxyl groups is 1. The summed E-state index contributed by atoms with van der Waals surface area (Å²) < 4.78 is 22.4. The molecule has 0 spiro atoms. The third kappa shape index (κ3) is 1.90. The van der Waals surface area contributed by atoms with E-state index in [9.17, 15) is 13.2 Å². The Hall–Kier alpha value is -0.620. The van der Waals surface area contributed by atoms with Gasteiger partial charge in [-0.05, 0) is 12.3 Å². The zero-order chi connectivity index (χ0) is 11.0. The standard InChI is InChI=1S/C8H14O5S/c1-2-14(12,13)4-6-3-8(6,5-9)7(10)11/h6,9H,2-5H2,1H3,(H,10,11)/t6-,8+/m0/s1. The summed E-state index contributed by atoms with van der Waals surface area (Å²) in [5.74, 6) is -1.63. The highest BCUT2D eigenvalue weighted by Crippen LogP contribution is 2.53.